The minimum Gasteiger partial charge on any atom is -0.319 e. The molecule has 1 unspecified atom stereocenters. The molecule has 0 spiro atoms. The van der Waals surface area contributed by atoms with Crippen molar-refractivity contribution in [1.29, 1.82) is 0 Å². The van der Waals surface area contributed by atoms with Crippen LogP contribution in [0.5, 0.6) is 0 Å². The Morgan fingerprint density at radius 3 is 2.33 bits per heavy atom. The first-order valence-electron chi connectivity index (χ1n) is 6.59. The molecule has 1 rings (SSSR count). The molecule has 90 valence electrons. The Labute approximate surface area is 95.4 Å². The van der Waals surface area contributed by atoms with Gasteiger partial charge in [0.15, 0.2) is 0 Å². The lowest BCUT2D eigenvalue weighted by Gasteiger charge is -2.29. The molecule has 15 heavy (non-hydrogen) atoms. The van der Waals surface area contributed by atoms with Crippen molar-refractivity contribution in [3.63, 3.8) is 0 Å². The van der Waals surface area contributed by atoms with Gasteiger partial charge in [0.2, 0.25) is 0 Å². The van der Waals surface area contributed by atoms with Crippen LogP contribution in [0.1, 0.15) is 45.4 Å². The number of rotatable bonds is 5. The van der Waals surface area contributed by atoms with Crippen LogP contribution in [0, 0.1) is 5.92 Å². The van der Waals surface area contributed by atoms with Crippen LogP contribution in [-0.4, -0.2) is 38.1 Å². The molecule has 1 aliphatic carbocycles. The van der Waals surface area contributed by atoms with Gasteiger partial charge in [-0.05, 0) is 39.4 Å². The fraction of sp³-hybridized carbons (Fsp3) is 1.00. The van der Waals surface area contributed by atoms with Gasteiger partial charge in [-0.15, -0.1) is 0 Å². The summed E-state index contributed by atoms with van der Waals surface area (Å²) in [6, 6.07) is 0.854. The summed E-state index contributed by atoms with van der Waals surface area (Å²) in [5, 5.41) is 3.26. The normalized spacial score (nSPS) is 21.6. The zero-order valence-electron chi connectivity index (χ0n) is 10.8. The molecule has 0 saturated heterocycles. The van der Waals surface area contributed by atoms with Crippen molar-refractivity contribution in [2.24, 2.45) is 5.92 Å². The van der Waals surface area contributed by atoms with Gasteiger partial charge in [0.05, 0.1) is 0 Å². The van der Waals surface area contributed by atoms with Crippen molar-refractivity contribution in [1.82, 2.24) is 10.2 Å². The predicted molar refractivity (Wildman–Crippen MR) is 67.2 cm³/mol. The summed E-state index contributed by atoms with van der Waals surface area (Å²) in [6.07, 6.45) is 8.63. The maximum atomic E-state index is 3.26. The van der Waals surface area contributed by atoms with Crippen molar-refractivity contribution < 1.29 is 0 Å². The minimum atomic E-state index is 0.767. The molecule has 1 fully saturated rings. The predicted octanol–water partition coefficient (Wildman–Crippen LogP) is 2.50. The lowest BCUT2D eigenvalue weighted by molar-refractivity contribution is 0.193. The molecule has 0 aromatic carbocycles. The zero-order valence-corrected chi connectivity index (χ0v) is 10.8. The van der Waals surface area contributed by atoms with Gasteiger partial charge in [-0.2, -0.15) is 0 Å². The van der Waals surface area contributed by atoms with E-state index < -0.39 is 0 Å². The first-order chi connectivity index (χ1) is 7.24. The van der Waals surface area contributed by atoms with Crippen molar-refractivity contribution in [3.8, 4) is 0 Å². The highest BCUT2D eigenvalue weighted by molar-refractivity contribution is 4.74. The Morgan fingerprint density at radius 2 is 1.80 bits per heavy atom. The van der Waals surface area contributed by atoms with Crippen molar-refractivity contribution in [3.05, 3.63) is 0 Å². The number of nitrogens with zero attached hydrogens (tertiary/aromatic N) is 1. The standard InChI is InChI=1S/C13H28N2/c1-12(10-14-2)11-15(3)13-8-6-4-5-7-9-13/h12-14H,4-11H2,1-3H3. The van der Waals surface area contributed by atoms with Crippen molar-refractivity contribution >= 4 is 0 Å². The van der Waals surface area contributed by atoms with Crippen LogP contribution in [0.2, 0.25) is 0 Å². The smallest absolute Gasteiger partial charge is 0.00923 e. The van der Waals surface area contributed by atoms with Gasteiger partial charge in [0.25, 0.3) is 0 Å². The molecule has 1 atom stereocenters. The maximum absolute atomic E-state index is 3.26. The third kappa shape index (κ3) is 4.98. The van der Waals surface area contributed by atoms with E-state index in [2.05, 4.69) is 24.2 Å². The molecule has 0 bridgehead atoms. The summed E-state index contributed by atoms with van der Waals surface area (Å²) in [7, 11) is 4.35. The topological polar surface area (TPSA) is 15.3 Å². The maximum Gasteiger partial charge on any atom is 0.00923 e. The Morgan fingerprint density at radius 1 is 1.20 bits per heavy atom. The Balaban J connectivity index is 2.27. The molecule has 2 heteroatoms. The summed E-state index contributed by atoms with van der Waals surface area (Å²) >= 11 is 0. The molecule has 0 radical (unpaired) electrons. The van der Waals surface area contributed by atoms with E-state index >= 15 is 0 Å². The third-order valence-corrected chi connectivity index (χ3v) is 3.60. The summed E-state index contributed by atoms with van der Waals surface area (Å²) in [6.45, 7) is 4.71. The largest absolute Gasteiger partial charge is 0.319 e. The number of nitrogens with one attached hydrogen (secondary N) is 1. The van der Waals surface area contributed by atoms with Gasteiger partial charge in [-0.25, -0.2) is 0 Å². The Kier molecular flexibility index (Phi) is 6.26. The van der Waals surface area contributed by atoms with Crippen molar-refractivity contribution in [2.45, 2.75) is 51.5 Å². The van der Waals surface area contributed by atoms with Gasteiger partial charge in [0, 0.05) is 12.6 Å². The van der Waals surface area contributed by atoms with Crippen LogP contribution in [0.25, 0.3) is 0 Å². The molecule has 0 aliphatic heterocycles. The number of hydrogen-bond acceptors (Lipinski definition) is 2. The average molecular weight is 212 g/mol. The lowest BCUT2D eigenvalue weighted by atomic mass is 10.1. The molecule has 2 nitrogen and oxygen atoms in total. The van der Waals surface area contributed by atoms with Crippen LogP contribution in [0.4, 0.5) is 0 Å². The second-order valence-corrected chi connectivity index (χ2v) is 5.25. The van der Waals surface area contributed by atoms with Gasteiger partial charge in [-0.3, -0.25) is 0 Å². The first kappa shape index (κ1) is 13.0. The van der Waals surface area contributed by atoms with Crippen molar-refractivity contribution in [2.75, 3.05) is 27.2 Å². The zero-order chi connectivity index (χ0) is 11.1. The van der Waals surface area contributed by atoms with E-state index in [0.717, 1.165) is 18.5 Å². The van der Waals surface area contributed by atoms with E-state index in [1.165, 1.54) is 45.1 Å². The van der Waals surface area contributed by atoms with Crippen LogP contribution >= 0.6 is 0 Å². The van der Waals surface area contributed by atoms with Crippen LogP contribution in [0.3, 0.4) is 0 Å². The summed E-state index contributed by atoms with van der Waals surface area (Å²) in [5.74, 6) is 0.767. The van der Waals surface area contributed by atoms with E-state index in [9.17, 15) is 0 Å². The monoisotopic (exact) mass is 212 g/mol. The van der Waals surface area contributed by atoms with Gasteiger partial charge < -0.3 is 10.2 Å². The van der Waals surface area contributed by atoms with E-state index in [-0.39, 0.29) is 0 Å². The second-order valence-electron chi connectivity index (χ2n) is 5.25. The molecular weight excluding hydrogens is 184 g/mol. The third-order valence-electron chi connectivity index (χ3n) is 3.60. The van der Waals surface area contributed by atoms with Crippen LogP contribution in [-0.2, 0) is 0 Å². The summed E-state index contributed by atoms with van der Waals surface area (Å²) in [4.78, 5) is 2.59. The highest BCUT2D eigenvalue weighted by atomic mass is 15.1. The Hall–Kier alpha value is -0.0800. The first-order valence-corrected chi connectivity index (χ1v) is 6.59. The highest BCUT2D eigenvalue weighted by Crippen LogP contribution is 2.21. The van der Waals surface area contributed by atoms with Gasteiger partial charge in [-0.1, -0.05) is 32.6 Å². The van der Waals surface area contributed by atoms with Crippen LogP contribution < -0.4 is 5.32 Å². The molecule has 0 aromatic rings. The SMILES string of the molecule is CNCC(C)CN(C)C1CCCCCC1. The van der Waals surface area contributed by atoms with E-state index in [1.807, 2.05) is 7.05 Å². The molecule has 0 aromatic heterocycles. The molecular formula is C13H28N2. The second kappa shape index (κ2) is 7.24. The number of hydrogen-bond donors (Lipinski definition) is 1. The quantitative estimate of drug-likeness (QED) is 0.704. The van der Waals surface area contributed by atoms with E-state index in [4.69, 9.17) is 0 Å². The average Bonchev–Trinajstić information content (AvgIpc) is 2.45. The molecule has 0 heterocycles. The lowest BCUT2D eigenvalue weighted by Crippen LogP contribution is -2.37. The van der Waals surface area contributed by atoms with E-state index in [0.29, 0.717) is 0 Å². The molecule has 1 saturated carbocycles. The van der Waals surface area contributed by atoms with Gasteiger partial charge in [0.1, 0.15) is 0 Å². The summed E-state index contributed by atoms with van der Waals surface area (Å²) < 4.78 is 0. The summed E-state index contributed by atoms with van der Waals surface area (Å²) in [5.41, 5.74) is 0. The Bertz CT molecular complexity index is 151. The fourth-order valence-corrected chi connectivity index (χ4v) is 2.75. The van der Waals surface area contributed by atoms with E-state index in [1.54, 1.807) is 0 Å². The highest BCUT2D eigenvalue weighted by Gasteiger charge is 2.17. The van der Waals surface area contributed by atoms with Crippen LogP contribution in [0.15, 0.2) is 0 Å². The molecule has 1 N–H and O–H groups in total. The fourth-order valence-electron chi connectivity index (χ4n) is 2.75. The molecule has 0 amide bonds. The van der Waals surface area contributed by atoms with Gasteiger partial charge >= 0.3 is 0 Å². The molecule has 1 aliphatic rings. The minimum absolute atomic E-state index is 0.767.